The van der Waals surface area contributed by atoms with Gasteiger partial charge in [-0.15, -0.1) is 0 Å². The van der Waals surface area contributed by atoms with Gasteiger partial charge in [0.25, 0.3) is 69.4 Å². The number of aromatic nitrogens is 12. The number of hydrogen-bond donors (Lipinski definition) is 6. The fourth-order valence-electron chi connectivity index (χ4n) is 15.4. The molecular formula is C102H86F10N12O24. The van der Waals surface area contributed by atoms with E-state index in [4.69, 9.17) is 54.9 Å². The standard InChI is InChI=1S/4C17H14F2N2O4.2C17H15FN2O4/c4*1-3-9-7-12(22)25-16-14(9)15(23)20-17(21-16)24-8(2)13-10(18)5-4-6-11(13)19;2*1-3-10-8-13(21)24-16-14(10)15(22)19-17(20-16)23-9(2)11-6-4-5-7-12(11)18/h4*4-8H,3H2,1-2H3,(H,20,21,23);2*4-9H,3H2,1-2H3,(H,19,20,22)/t4*8-;2*9-/m110000/s1. The summed E-state index contributed by atoms with van der Waals surface area (Å²) in [4.78, 5) is 181. The number of nitrogens with zero attached hydrogens (tertiary/aromatic N) is 6. The second-order valence-electron chi connectivity index (χ2n) is 32.1. The monoisotopic (exact) mass is 2050 g/mol. The van der Waals surface area contributed by atoms with Gasteiger partial charge in [0.05, 0.1) is 22.3 Å². The predicted octanol–water partition coefficient (Wildman–Crippen LogP) is 16.9. The number of rotatable bonds is 24. The SMILES string of the molecule is CCc1cc(=O)oc2nc(O[C@@H](C)c3c(F)cccc3F)[nH]c(=O)c12.CCc1cc(=O)oc2nc(O[C@@H](C)c3c(F)cccc3F)[nH]c(=O)c12.CCc1cc(=O)oc2nc(O[C@@H](C)c3ccccc3F)[nH]c(=O)c12.CCc1cc(=O)oc2nc(O[C@@H](C)c3ccccc3F)[nH]c(=O)c12.CCc1cc(=O)oc2nc(O[C@H](C)c3c(F)cccc3F)[nH]c(=O)c12.CCc1cc(=O)oc2nc(O[C@H](C)c3c(F)cccc3F)[nH]c(=O)c12. The van der Waals surface area contributed by atoms with Crippen molar-refractivity contribution in [2.75, 3.05) is 0 Å². The Kier molecular flexibility index (Phi) is 34.1. The van der Waals surface area contributed by atoms with E-state index in [-0.39, 0.29) is 125 Å². The van der Waals surface area contributed by atoms with Crippen LogP contribution in [0.15, 0.2) is 242 Å². The maximum Gasteiger partial charge on any atom is 0.337 e. The third-order valence-electron chi connectivity index (χ3n) is 22.4. The molecule has 0 spiro atoms. The topological polar surface area (TPSA) is 511 Å². The summed E-state index contributed by atoms with van der Waals surface area (Å²) in [6, 6.07) is 31.9. The molecule has 0 saturated carbocycles. The van der Waals surface area contributed by atoms with Crippen molar-refractivity contribution in [2.45, 2.75) is 158 Å². The summed E-state index contributed by atoms with van der Waals surface area (Å²) in [7, 11) is 0. The van der Waals surface area contributed by atoms with E-state index in [1.165, 1.54) is 100 Å². The van der Waals surface area contributed by atoms with Crippen molar-refractivity contribution in [3.8, 4) is 36.1 Å². The molecule has 6 atom stereocenters. The van der Waals surface area contributed by atoms with Crippen LogP contribution >= 0.6 is 0 Å². The van der Waals surface area contributed by atoms with Gasteiger partial charge in [-0.25, -0.2) is 72.7 Å². The summed E-state index contributed by atoms with van der Waals surface area (Å²) >= 11 is 0. The van der Waals surface area contributed by atoms with Crippen molar-refractivity contribution in [3.63, 3.8) is 0 Å². The van der Waals surface area contributed by atoms with Crippen LogP contribution in [0.3, 0.4) is 0 Å². The Morgan fingerprint density at radius 3 is 0.527 bits per heavy atom. The van der Waals surface area contributed by atoms with Gasteiger partial charge in [-0.05, 0) is 174 Å². The highest BCUT2D eigenvalue weighted by atomic mass is 19.2. The molecule has 6 N–H and O–H groups in total. The Bertz CT molecular complexity index is 7940. The maximum absolute atomic E-state index is 13.8. The number of ether oxygens (including phenoxy) is 6. The van der Waals surface area contributed by atoms with Gasteiger partial charge >= 0.3 is 33.8 Å². The average molecular weight is 2050 g/mol. The molecule has 46 heteroatoms. The zero-order valence-electron chi connectivity index (χ0n) is 80.0. The minimum absolute atomic E-state index is 0.0983. The highest BCUT2D eigenvalue weighted by Gasteiger charge is 2.28. The van der Waals surface area contributed by atoms with Crippen molar-refractivity contribution in [1.29, 1.82) is 0 Å². The van der Waals surface area contributed by atoms with E-state index in [1.54, 1.807) is 77.9 Å². The van der Waals surface area contributed by atoms with Gasteiger partial charge in [0, 0.05) is 47.5 Å². The predicted molar refractivity (Wildman–Crippen MR) is 514 cm³/mol. The lowest BCUT2D eigenvalue weighted by molar-refractivity contribution is 0.196. The van der Waals surface area contributed by atoms with Crippen LogP contribution < -0.4 is 95.5 Å². The van der Waals surface area contributed by atoms with Crippen molar-refractivity contribution in [3.05, 3.63) is 407 Å². The van der Waals surface area contributed by atoms with Gasteiger partial charge in [0.15, 0.2) is 0 Å². The van der Waals surface area contributed by atoms with Crippen LogP contribution in [0.4, 0.5) is 43.9 Å². The molecule has 18 rings (SSSR count). The lowest BCUT2D eigenvalue weighted by atomic mass is 10.1. The molecule has 12 heterocycles. The minimum atomic E-state index is -1.07. The van der Waals surface area contributed by atoms with E-state index >= 15 is 0 Å². The van der Waals surface area contributed by atoms with Crippen LogP contribution in [-0.4, -0.2) is 59.8 Å². The zero-order valence-corrected chi connectivity index (χ0v) is 80.0. The molecule has 768 valence electrons. The number of H-pyrrole nitrogens is 6. The molecule has 18 aromatic rings. The molecule has 0 amide bonds. The van der Waals surface area contributed by atoms with E-state index < -0.39 is 162 Å². The normalized spacial score (nSPS) is 12.3. The Balaban J connectivity index is 0.000000148. The highest BCUT2D eigenvalue weighted by Crippen LogP contribution is 2.33. The molecular weight excluding hydrogens is 1970 g/mol. The summed E-state index contributed by atoms with van der Waals surface area (Å²) < 4.78 is 200. The molecule has 0 unspecified atom stereocenters. The first-order valence-electron chi connectivity index (χ1n) is 45.3. The van der Waals surface area contributed by atoms with Gasteiger partial charge in [-0.1, -0.05) is 102 Å². The lowest BCUT2D eigenvalue weighted by Gasteiger charge is -2.15. The van der Waals surface area contributed by atoms with Crippen LogP contribution in [0.1, 0.15) is 186 Å². The van der Waals surface area contributed by atoms with Crippen molar-refractivity contribution in [2.24, 2.45) is 0 Å². The average Bonchev–Trinajstić information content (AvgIpc) is 0.780. The number of benzene rings is 6. The summed E-state index contributed by atoms with van der Waals surface area (Å²) in [5, 5.41) is 0.975. The van der Waals surface area contributed by atoms with Crippen LogP contribution in [0.25, 0.3) is 66.6 Å². The first-order chi connectivity index (χ1) is 70.6. The highest BCUT2D eigenvalue weighted by molar-refractivity contribution is 5.80. The number of hydrogen-bond acceptors (Lipinski definition) is 30. The van der Waals surface area contributed by atoms with Gasteiger partial charge in [-0.3, -0.25) is 58.7 Å². The summed E-state index contributed by atoms with van der Waals surface area (Å²) in [5.74, 6) is -7.10. The Morgan fingerprint density at radius 1 is 0.223 bits per heavy atom. The number of aromatic amines is 6. The first-order valence-corrected chi connectivity index (χ1v) is 45.3. The maximum atomic E-state index is 13.8. The van der Waals surface area contributed by atoms with E-state index in [0.717, 1.165) is 48.5 Å². The van der Waals surface area contributed by atoms with E-state index in [2.05, 4.69) is 59.8 Å². The Labute approximate surface area is 823 Å². The Hall–Kier alpha value is -18.0. The molecule has 148 heavy (non-hydrogen) atoms. The Morgan fingerprint density at radius 2 is 0.372 bits per heavy atom. The second-order valence-corrected chi connectivity index (χ2v) is 32.1. The molecule has 36 nitrogen and oxygen atoms in total. The molecule has 6 aromatic carbocycles. The molecule has 0 saturated heterocycles. The molecule has 0 aliphatic carbocycles. The van der Waals surface area contributed by atoms with Gasteiger partial charge in [-0.2, -0.15) is 29.9 Å². The molecule has 0 aliphatic heterocycles. The third kappa shape index (κ3) is 24.9. The smallest absolute Gasteiger partial charge is 0.337 e. The largest absolute Gasteiger partial charge is 0.457 e. The summed E-state index contributed by atoms with van der Waals surface area (Å²) in [6.07, 6.45) is -2.93. The zero-order chi connectivity index (χ0) is 107. The van der Waals surface area contributed by atoms with E-state index in [1.807, 2.05) is 13.8 Å². The number of aryl methyl sites for hydroxylation is 6. The van der Waals surface area contributed by atoms with Gasteiger partial charge < -0.3 is 54.9 Å². The number of fused-ring (bicyclic) bond motifs is 6. The third-order valence-corrected chi connectivity index (χ3v) is 22.4. The van der Waals surface area contributed by atoms with E-state index in [9.17, 15) is 101 Å². The van der Waals surface area contributed by atoms with E-state index in [0.29, 0.717) is 83.0 Å². The van der Waals surface area contributed by atoms with Crippen LogP contribution in [0.5, 0.6) is 36.1 Å². The molecule has 0 bridgehead atoms. The second kappa shape index (κ2) is 47.0. The lowest BCUT2D eigenvalue weighted by Crippen LogP contribution is -2.17. The fraction of sp³-hybridized carbons (Fsp3) is 0.235. The number of halogens is 10. The summed E-state index contributed by atoms with van der Waals surface area (Å²) in [5.41, 5.74) is -5.48. The molecule has 12 aromatic heterocycles. The fourth-order valence-corrected chi connectivity index (χ4v) is 15.4. The summed E-state index contributed by atoms with van der Waals surface area (Å²) in [6.45, 7) is 19.6. The minimum Gasteiger partial charge on any atom is -0.457 e. The van der Waals surface area contributed by atoms with Gasteiger partial charge in [0.2, 0.25) is 34.3 Å². The molecule has 0 aliphatic rings. The van der Waals surface area contributed by atoms with Crippen LogP contribution in [-0.2, 0) is 38.5 Å². The van der Waals surface area contributed by atoms with Gasteiger partial charge in [0.1, 0.15) is 127 Å². The van der Waals surface area contributed by atoms with Crippen LogP contribution in [0.2, 0.25) is 0 Å². The molecule has 0 fully saturated rings. The number of nitrogens with one attached hydrogen (secondary N) is 6. The van der Waals surface area contributed by atoms with Crippen molar-refractivity contribution < 1.29 is 98.8 Å². The van der Waals surface area contributed by atoms with Crippen molar-refractivity contribution in [1.82, 2.24) is 59.8 Å². The van der Waals surface area contributed by atoms with Crippen molar-refractivity contribution >= 4 is 66.6 Å². The quantitative estimate of drug-likeness (QED) is 0.0306. The first kappa shape index (κ1) is 107. The van der Waals surface area contributed by atoms with Crippen LogP contribution in [0, 0.1) is 58.2 Å². The molecule has 0 radical (unpaired) electrons.